The molecule has 0 unspecified atom stereocenters. The molecule has 0 fully saturated rings. The number of hydrogen-bond donors (Lipinski definition) is 3. The molecule has 0 saturated heterocycles. The highest BCUT2D eigenvalue weighted by atomic mass is 35.6. The van der Waals surface area contributed by atoms with E-state index in [2.05, 4.69) is 16.0 Å². The first-order valence-corrected chi connectivity index (χ1v) is 9.34. The SMILES string of the molecule is Cc1ccc(C(=O)N[C@H](NC(=S)Nc2cccc(Cl)c2)C(Cl)(Cl)Cl)cc1. The van der Waals surface area contributed by atoms with Crippen LogP contribution in [0.3, 0.4) is 0 Å². The van der Waals surface area contributed by atoms with Crippen molar-refractivity contribution in [2.24, 2.45) is 0 Å². The highest BCUT2D eigenvalue weighted by Crippen LogP contribution is 2.29. The molecule has 26 heavy (non-hydrogen) atoms. The fourth-order valence-corrected chi connectivity index (χ4v) is 2.74. The highest BCUT2D eigenvalue weighted by Gasteiger charge is 2.34. The Bertz CT molecular complexity index is 793. The molecule has 0 saturated carbocycles. The van der Waals surface area contributed by atoms with Gasteiger partial charge in [0.15, 0.2) is 5.11 Å². The van der Waals surface area contributed by atoms with Crippen molar-refractivity contribution in [3.05, 3.63) is 64.7 Å². The lowest BCUT2D eigenvalue weighted by atomic mass is 10.1. The van der Waals surface area contributed by atoms with Crippen LogP contribution in [0.1, 0.15) is 15.9 Å². The van der Waals surface area contributed by atoms with Gasteiger partial charge in [-0.2, -0.15) is 0 Å². The molecule has 0 aliphatic rings. The number of carbonyl (C=O) groups is 1. The third-order valence-corrected chi connectivity index (χ3v) is 4.38. The van der Waals surface area contributed by atoms with E-state index in [9.17, 15) is 4.79 Å². The summed E-state index contributed by atoms with van der Waals surface area (Å²) in [4.78, 5) is 12.4. The van der Waals surface area contributed by atoms with Crippen molar-refractivity contribution in [2.45, 2.75) is 16.9 Å². The Morgan fingerprint density at radius 2 is 1.73 bits per heavy atom. The second-order valence-electron chi connectivity index (χ2n) is 5.42. The lowest BCUT2D eigenvalue weighted by Crippen LogP contribution is -2.56. The predicted molar refractivity (Wildman–Crippen MR) is 114 cm³/mol. The predicted octanol–water partition coefficient (Wildman–Crippen LogP) is 5.06. The van der Waals surface area contributed by atoms with Crippen LogP contribution >= 0.6 is 58.6 Å². The van der Waals surface area contributed by atoms with E-state index in [0.717, 1.165) is 5.56 Å². The third-order valence-electron chi connectivity index (χ3n) is 3.27. The van der Waals surface area contributed by atoms with Gasteiger partial charge in [0.25, 0.3) is 5.91 Å². The summed E-state index contributed by atoms with van der Waals surface area (Å²) in [5.41, 5.74) is 2.12. The van der Waals surface area contributed by atoms with Crippen LogP contribution in [0.5, 0.6) is 0 Å². The normalized spacial score (nSPS) is 12.2. The van der Waals surface area contributed by atoms with E-state index < -0.39 is 15.9 Å². The van der Waals surface area contributed by atoms with E-state index in [4.69, 9.17) is 58.6 Å². The maximum Gasteiger partial charge on any atom is 0.252 e. The maximum atomic E-state index is 12.4. The van der Waals surface area contributed by atoms with Gasteiger partial charge < -0.3 is 16.0 Å². The first-order chi connectivity index (χ1) is 12.1. The Kier molecular flexibility index (Phi) is 7.38. The molecule has 1 amide bonds. The molecular formula is C17H15Cl4N3OS. The van der Waals surface area contributed by atoms with Crippen LogP contribution in [0.15, 0.2) is 48.5 Å². The molecule has 0 radical (unpaired) electrons. The zero-order chi connectivity index (χ0) is 19.3. The standard InChI is InChI=1S/C17H15Cl4N3OS/c1-10-5-7-11(8-6-10)14(25)23-15(17(19,20)21)24-16(26)22-13-4-2-3-12(18)9-13/h2-9,15H,1H3,(H,23,25)(H2,22,24,26)/t15-/m1/s1. The van der Waals surface area contributed by atoms with Crippen molar-refractivity contribution >= 4 is 75.3 Å². The van der Waals surface area contributed by atoms with Gasteiger partial charge in [-0.25, -0.2) is 0 Å². The summed E-state index contributed by atoms with van der Waals surface area (Å²) < 4.78 is -1.83. The van der Waals surface area contributed by atoms with Crippen molar-refractivity contribution in [3.8, 4) is 0 Å². The lowest BCUT2D eigenvalue weighted by molar-refractivity contribution is 0.0934. The minimum atomic E-state index is -1.83. The van der Waals surface area contributed by atoms with Gasteiger partial charge in [0, 0.05) is 16.3 Å². The number of thiocarbonyl (C=S) groups is 1. The average Bonchev–Trinajstić information content (AvgIpc) is 2.53. The Hall–Kier alpha value is -1.24. The molecule has 0 aliphatic carbocycles. The molecule has 1 atom stereocenters. The minimum Gasteiger partial charge on any atom is -0.339 e. The van der Waals surface area contributed by atoms with E-state index in [-0.39, 0.29) is 5.11 Å². The molecule has 0 aromatic heterocycles. The van der Waals surface area contributed by atoms with E-state index in [1.165, 1.54) is 0 Å². The number of rotatable bonds is 4. The summed E-state index contributed by atoms with van der Waals surface area (Å²) in [7, 11) is 0. The molecule has 0 spiro atoms. The van der Waals surface area contributed by atoms with Crippen molar-refractivity contribution in [1.29, 1.82) is 0 Å². The zero-order valence-electron chi connectivity index (χ0n) is 13.5. The minimum absolute atomic E-state index is 0.160. The number of aryl methyl sites for hydroxylation is 1. The highest BCUT2D eigenvalue weighted by molar-refractivity contribution is 7.80. The van der Waals surface area contributed by atoms with Crippen molar-refractivity contribution in [1.82, 2.24) is 10.6 Å². The van der Waals surface area contributed by atoms with Crippen molar-refractivity contribution in [3.63, 3.8) is 0 Å². The van der Waals surface area contributed by atoms with Gasteiger partial charge >= 0.3 is 0 Å². The maximum absolute atomic E-state index is 12.4. The van der Waals surface area contributed by atoms with Gasteiger partial charge in [-0.15, -0.1) is 0 Å². The monoisotopic (exact) mass is 449 g/mol. The summed E-state index contributed by atoms with van der Waals surface area (Å²) in [6.07, 6.45) is -1.06. The molecule has 4 nitrogen and oxygen atoms in total. The number of hydrogen-bond acceptors (Lipinski definition) is 2. The smallest absolute Gasteiger partial charge is 0.252 e. The van der Waals surface area contributed by atoms with Crippen molar-refractivity contribution < 1.29 is 4.79 Å². The van der Waals surface area contributed by atoms with Crippen LogP contribution < -0.4 is 16.0 Å². The molecule has 0 bridgehead atoms. The largest absolute Gasteiger partial charge is 0.339 e. The Balaban J connectivity index is 2.06. The van der Waals surface area contributed by atoms with Crippen LogP contribution in [-0.4, -0.2) is 21.0 Å². The lowest BCUT2D eigenvalue weighted by Gasteiger charge is -2.27. The van der Waals surface area contributed by atoms with Crippen LogP contribution in [0.4, 0.5) is 5.69 Å². The second-order valence-corrected chi connectivity index (χ2v) is 8.64. The third kappa shape index (κ3) is 6.49. The fraction of sp³-hybridized carbons (Fsp3) is 0.176. The molecule has 9 heteroatoms. The quantitative estimate of drug-likeness (QED) is 0.346. The summed E-state index contributed by atoms with van der Waals surface area (Å²) in [5, 5.41) is 9.03. The topological polar surface area (TPSA) is 53.2 Å². The van der Waals surface area contributed by atoms with E-state index in [1.807, 2.05) is 19.1 Å². The van der Waals surface area contributed by atoms with Crippen LogP contribution in [0.25, 0.3) is 0 Å². The summed E-state index contributed by atoms with van der Waals surface area (Å²) in [5.74, 6) is -0.403. The Morgan fingerprint density at radius 3 is 2.31 bits per heavy atom. The summed E-state index contributed by atoms with van der Waals surface area (Å²) >= 11 is 29.1. The molecule has 2 aromatic carbocycles. The first kappa shape index (κ1) is 21.1. The molecular weight excluding hydrogens is 436 g/mol. The van der Waals surface area contributed by atoms with E-state index in [1.54, 1.807) is 36.4 Å². The molecule has 0 heterocycles. The number of benzene rings is 2. The van der Waals surface area contributed by atoms with Crippen LogP contribution in [0, 0.1) is 6.92 Å². The molecule has 138 valence electrons. The van der Waals surface area contributed by atoms with Crippen LogP contribution in [0.2, 0.25) is 5.02 Å². The van der Waals surface area contributed by atoms with Gasteiger partial charge in [-0.3, -0.25) is 4.79 Å². The number of halogens is 4. The van der Waals surface area contributed by atoms with Gasteiger partial charge in [-0.1, -0.05) is 70.2 Å². The average molecular weight is 451 g/mol. The van der Waals surface area contributed by atoms with Gasteiger partial charge in [-0.05, 0) is 49.5 Å². The van der Waals surface area contributed by atoms with E-state index >= 15 is 0 Å². The zero-order valence-corrected chi connectivity index (χ0v) is 17.4. The number of anilines is 1. The molecule has 2 rings (SSSR count). The summed E-state index contributed by atoms with van der Waals surface area (Å²) in [6, 6.07) is 14.0. The Morgan fingerprint density at radius 1 is 1.08 bits per heavy atom. The van der Waals surface area contributed by atoms with Gasteiger partial charge in [0.05, 0.1) is 0 Å². The molecule has 0 aliphatic heterocycles. The number of amides is 1. The number of alkyl halides is 3. The van der Waals surface area contributed by atoms with E-state index in [0.29, 0.717) is 16.3 Å². The summed E-state index contributed by atoms with van der Waals surface area (Å²) in [6.45, 7) is 1.92. The fourth-order valence-electron chi connectivity index (χ4n) is 1.98. The van der Waals surface area contributed by atoms with Gasteiger partial charge in [0.1, 0.15) is 6.17 Å². The van der Waals surface area contributed by atoms with Crippen LogP contribution in [-0.2, 0) is 0 Å². The Labute approximate surface area is 177 Å². The first-order valence-electron chi connectivity index (χ1n) is 7.42. The molecule has 2 aromatic rings. The second kappa shape index (κ2) is 9.11. The number of carbonyl (C=O) groups excluding carboxylic acids is 1. The molecule has 3 N–H and O–H groups in total. The number of nitrogens with one attached hydrogen (secondary N) is 3. The van der Waals surface area contributed by atoms with Gasteiger partial charge in [0.2, 0.25) is 3.79 Å². The van der Waals surface area contributed by atoms with Crippen molar-refractivity contribution in [2.75, 3.05) is 5.32 Å².